The van der Waals surface area contributed by atoms with Crippen LogP contribution in [0.3, 0.4) is 0 Å². The SMILES string of the molecule is CO.ClCCl.[Cl-].[NH4+]. The normalized spacial score (nSPS) is 3.43. The van der Waals surface area contributed by atoms with Crippen LogP contribution in [0.25, 0.3) is 0 Å². The zero-order valence-electron chi connectivity index (χ0n) is 4.29. The van der Waals surface area contributed by atoms with Gasteiger partial charge >= 0.3 is 0 Å². The molecule has 0 aliphatic rings. The maximum Gasteiger partial charge on any atom is 0.0967 e. The van der Waals surface area contributed by atoms with E-state index in [2.05, 4.69) is 0 Å². The van der Waals surface area contributed by atoms with Gasteiger partial charge in [0.2, 0.25) is 0 Å². The molecule has 0 saturated heterocycles. The predicted octanol–water partition coefficient (Wildman–Crippen LogP) is -1.59. The van der Waals surface area contributed by atoms with E-state index in [4.69, 9.17) is 28.3 Å². The topological polar surface area (TPSA) is 56.7 Å². The third-order valence-corrected chi connectivity index (χ3v) is 0. The third-order valence-electron chi connectivity index (χ3n) is 0. The summed E-state index contributed by atoms with van der Waals surface area (Å²) < 4.78 is 0. The van der Waals surface area contributed by atoms with Gasteiger partial charge in [0.05, 0.1) is 5.34 Å². The summed E-state index contributed by atoms with van der Waals surface area (Å²) in [7, 11) is 1.00. The van der Waals surface area contributed by atoms with Gasteiger partial charge in [-0.3, -0.25) is 0 Å². The van der Waals surface area contributed by atoms with Gasteiger partial charge in [0.1, 0.15) is 0 Å². The monoisotopic (exact) mass is 169 g/mol. The van der Waals surface area contributed by atoms with Crippen LogP contribution in [-0.4, -0.2) is 17.6 Å². The number of hydrogen-bond donors (Lipinski definition) is 2. The van der Waals surface area contributed by atoms with E-state index >= 15 is 0 Å². The molecule has 0 aromatic carbocycles. The Morgan fingerprint density at radius 2 is 1.29 bits per heavy atom. The van der Waals surface area contributed by atoms with Gasteiger partial charge in [0.15, 0.2) is 0 Å². The molecule has 2 nitrogen and oxygen atoms in total. The van der Waals surface area contributed by atoms with Crippen molar-refractivity contribution in [2.75, 3.05) is 12.4 Å². The first kappa shape index (κ1) is 25.0. The Hall–Kier alpha value is 0.790. The van der Waals surface area contributed by atoms with Crippen molar-refractivity contribution in [3.8, 4) is 0 Å². The summed E-state index contributed by atoms with van der Waals surface area (Å²) in [6.07, 6.45) is 0. The summed E-state index contributed by atoms with van der Waals surface area (Å²) >= 11 is 9.53. The van der Waals surface area contributed by atoms with Crippen LogP contribution in [0.5, 0.6) is 0 Å². The second-order valence-corrected chi connectivity index (χ2v) is 0.909. The van der Waals surface area contributed by atoms with Crippen molar-refractivity contribution in [1.82, 2.24) is 6.15 Å². The van der Waals surface area contributed by atoms with Crippen molar-refractivity contribution in [2.45, 2.75) is 0 Å². The first-order valence-corrected chi connectivity index (χ1v) is 2.05. The van der Waals surface area contributed by atoms with E-state index in [1.54, 1.807) is 0 Å². The lowest BCUT2D eigenvalue weighted by molar-refractivity contribution is -0.00000223. The van der Waals surface area contributed by atoms with Crippen LogP contribution in [-0.2, 0) is 0 Å². The van der Waals surface area contributed by atoms with Gasteiger partial charge < -0.3 is 23.7 Å². The van der Waals surface area contributed by atoms with Crippen molar-refractivity contribution in [3.05, 3.63) is 0 Å². The molecule has 0 amide bonds. The fourth-order valence-corrected chi connectivity index (χ4v) is 0. The summed E-state index contributed by atoms with van der Waals surface area (Å²) in [5.74, 6) is 0. The fraction of sp³-hybridized carbons (Fsp3) is 1.00. The molecule has 0 radical (unpaired) electrons. The molecule has 0 spiro atoms. The highest BCUT2D eigenvalue weighted by Crippen LogP contribution is 1.73. The number of quaternary nitrogens is 1. The minimum atomic E-state index is 0. The summed E-state index contributed by atoms with van der Waals surface area (Å²) in [6, 6.07) is 0. The quantitative estimate of drug-likeness (QED) is 0.423. The zero-order valence-corrected chi connectivity index (χ0v) is 6.56. The molecule has 0 fully saturated rings. The molecule has 50 valence electrons. The minimum absolute atomic E-state index is 0. The predicted molar refractivity (Wildman–Crippen MR) is 30.7 cm³/mol. The molecule has 0 atom stereocenters. The van der Waals surface area contributed by atoms with Crippen molar-refractivity contribution < 1.29 is 17.5 Å². The molecule has 5 heteroatoms. The summed E-state index contributed by atoms with van der Waals surface area (Å²) in [6.45, 7) is 0. The smallest absolute Gasteiger partial charge is 0.0967 e. The van der Waals surface area contributed by atoms with Crippen LogP contribution in [0, 0.1) is 0 Å². The standard InChI is InChI=1S/CH2Cl2.CH4O.ClH.H3N/c2-1-3;1-2;;/h1H2;2H,1H3;1H;1H3. The first-order chi connectivity index (χ1) is 2.41. The maximum absolute atomic E-state index is 7.00. The van der Waals surface area contributed by atoms with E-state index in [-0.39, 0.29) is 23.9 Å². The van der Waals surface area contributed by atoms with Crippen molar-refractivity contribution in [1.29, 1.82) is 0 Å². The van der Waals surface area contributed by atoms with Crippen LogP contribution in [0.1, 0.15) is 0 Å². The van der Waals surface area contributed by atoms with Crippen molar-refractivity contribution in [3.63, 3.8) is 0 Å². The van der Waals surface area contributed by atoms with Gasteiger partial charge in [-0.05, 0) is 0 Å². The zero-order chi connectivity index (χ0) is 4.71. The summed E-state index contributed by atoms with van der Waals surface area (Å²) in [4.78, 5) is 0. The number of alkyl halides is 2. The van der Waals surface area contributed by atoms with Gasteiger partial charge in [-0.2, -0.15) is 0 Å². The molecular formula is C2H10Cl3NO. The number of hydrogen-bond acceptors (Lipinski definition) is 1. The average molecular weight is 170 g/mol. The second-order valence-electron chi connectivity index (χ2n) is 0.101. The van der Waals surface area contributed by atoms with E-state index < -0.39 is 0 Å². The second kappa shape index (κ2) is 71.0. The van der Waals surface area contributed by atoms with E-state index in [0.29, 0.717) is 0 Å². The van der Waals surface area contributed by atoms with E-state index in [9.17, 15) is 0 Å². The molecule has 0 aromatic heterocycles. The van der Waals surface area contributed by atoms with E-state index in [1.807, 2.05) is 0 Å². The molecule has 0 heterocycles. The summed E-state index contributed by atoms with van der Waals surface area (Å²) in [5, 5.41) is 7.19. The molecule has 0 rings (SSSR count). The highest BCUT2D eigenvalue weighted by Gasteiger charge is 1.41. The van der Waals surface area contributed by atoms with Crippen molar-refractivity contribution in [2.24, 2.45) is 0 Å². The Bertz CT molecular complexity index is 12.9. The molecule has 5 N–H and O–H groups in total. The molecule has 0 bridgehead atoms. The number of rotatable bonds is 0. The number of aliphatic hydroxyl groups excluding tert-OH is 1. The van der Waals surface area contributed by atoms with Crippen LogP contribution < -0.4 is 18.6 Å². The lowest BCUT2D eigenvalue weighted by Crippen LogP contribution is -3.00. The number of aliphatic hydroxyl groups is 1. The van der Waals surface area contributed by atoms with E-state index in [0.717, 1.165) is 7.11 Å². The van der Waals surface area contributed by atoms with Crippen LogP contribution in [0.4, 0.5) is 0 Å². The Morgan fingerprint density at radius 3 is 1.29 bits per heavy atom. The van der Waals surface area contributed by atoms with E-state index in [1.165, 1.54) is 0 Å². The molecular weight excluding hydrogens is 160 g/mol. The lowest BCUT2D eigenvalue weighted by Gasteiger charge is -1.42. The van der Waals surface area contributed by atoms with Crippen LogP contribution >= 0.6 is 23.2 Å². The molecule has 0 aliphatic carbocycles. The highest BCUT2D eigenvalue weighted by molar-refractivity contribution is 6.40. The van der Waals surface area contributed by atoms with Crippen LogP contribution in [0.15, 0.2) is 0 Å². The molecule has 0 aromatic rings. The lowest BCUT2D eigenvalue weighted by atomic mass is 11.8. The largest absolute Gasteiger partial charge is 1.00 e. The van der Waals surface area contributed by atoms with Gasteiger partial charge in [-0.15, -0.1) is 23.2 Å². The fourth-order valence-electron chi connectivity index (χ4n) is 0. The highest BCUT2D eigenvalue weighted by atomic mass is 35.5. The Balaban J connectivity index is -0.0000000105. The molecule has 0 aliphatic heterocycles. The Kier molecular flexibility index (Phi) is 254. The summed E-state index contributed by atoms with van der Waals surface area (Å²) in [5.41, 5.74) is 0. The maximum atomic E-state index is 7.00. The first-order valence-electron chi connectivity index (χ1n) is 0.982. The van der Waals surface area contributed by atoms with Gasteiger partial charge in [0, 0.05) is 7.11 Å². The minimum Gasteiger partial charge on any atom is -1.00 e. The Morgan fingerprint density at radius 1 is 1.29 bits per heavy atom. The van der Waals surface area contributed by atoms with Gasteiger partial charge in [-0.1, -0.05) is 0 Å². The molecule has 7 heavy (non-hydrogen) atoms. The average Bonchev–Trinajstić information content (AvgIpc) is 1.46. The van der Waals surface area contributed by atoms with Crippen LogP contribution in [0.2, 0.25) is 0 Å². The van der Waals surface area contributed by atoms with Crippen molar-refractivity contribution >= 4 is 23.2 Å². The Labute approximate surface area is 59.8 Å². The third kappa shape index (κ3) is 250. The number of halogens is 3. The van der Waals surface area contributed by atoms with Gasteiger partial charge in [0.25, 0.3) is 0 Å². The molecule has 0 saturated carbocycles. The van der Waals surface area contributed by atoms with Gasteiger partial charge in [-0.25, -0.2) is 0 Å². The molecule has 0 unspecified atom stereocenters.